The number of ether oxygens (including phenoxy) is 1. The predicted octanol–water partition coefficient (Wildman–Crippen LogP) is 1.97. The van der Waals surface area contributed by atoms with E-state index in [1.165, 1.54) is 23.2 Å². The van der Waals surface area contributed by atoms with Crippen LogP contribution >= 0.6 is 0 Å². The number of hydrogen-bond donors (Lipinski definition) is 2. The summed E-state index contributed by atoms with van der Waals surface area (Å²) in [5, 5.41) is 9.02. The molecule has 1 aromatic carbocycles. The number of carboxylic acid groups (broad SMARTS) is 1. The number of sulfone groups is 1. The van der Waals surface area contributed by atoms with E-state index in [0.29, 0.717) is 42.8 Å². The van der Waals surface area contributed by atoms with E-state index in [9.17, 15) is 18.0 Å². The van der Waals surface area contributed by atoms with Crippen molar-refractivity contribution < 1.29 is 23.1 Å². The Morgan fingerprint density at radius 1 is 1.19 bits per heavy atom. The lowest BCUT2D eigenvalue weighted by molar-refractivity contribution is 0.0897. The molecule has 2 N–H and O–H groups in total. The number of aromatic nitrogens is 1. The Bertz CT molecular complexity index is 989. The van der Waals surface area contributed by atoms with Crippen LogP contribution in [0.25, 0.3) is 11.1 Å². The van der Waals surface area contributed by atoms with Gasteiger partial charge in [0, 0.05) is 38.4 Å². The van der Waals surface area contributed by atoms with Gasteiger partial charge in [-0.15, -0.1) is 0 Å². The monoisotopic (exact) mass is 392 g/mol. The number of benzene rings is 1. The maximum atomic E-state index is 12.4. The first kappa shape index (κ1) is 19.0. The van der Waals surface area contributed by atoms with Gasteiger partial charge in [0.15, 0.2) is 9.84 Å². The van der Waals surface area contributed by atoms with Crippen molar-refractivity contribution in [2.75, 3.05) is 19.3 Å². The molecule has 1 saturated heterocycles. The highest BCUT2D eigenvalue weighted by Crippen LogP contribution is 2.29. The Morgan fingerprint density at radius 2 is 1.81 bits per heavy atom. The second-order valence-electron chi connectivity index (χ2n) is 6.43. The molecule has 1 aromatic heterocycles. The summed E-state index contributed by atoms with van der Waals surface area (Å²) < 4.78 is 29.2. The highest BCUT2D eigenvalue weighted by atomic mass is 32.2. The SMILES string of the molecule is CS(=O)(=O)c1ccc(-c2c(OC3CCN(C(=O)O)CC3)cc[nH]c2=O)cc1. The second kappa shape index (κ2) is 7.43. The zero-order valence-electron chi connectivity index (χ0n) is 14.7. The van der Waals surface area contributed by atoms with Gasteiger partial charge < -0.3 is 19.7 Å². The van der Waals surface area contributed by atoms with Crippen molar-refractivity contribution in [1.29, 1.82) is 0 Å². The van der Waals surface area contributed by atoms with E-state index in [2.05, 4.69) is 4.98 Å². The lowest BCUT2D eigenvalue weighted by Gasteiger charge is -2.30. The molecule has 0 atom stereocenters. The van der Waals surface area contributed by atoms with Gasteiger partial charge in [-0.05, 0) is 23.8 Å². The maximum Gasteiger partial charge on any atom is 0.407 e. The first-order valence-corrected chi connectivity index (χ1v) is 10.3. The van der Waals surface area contributed by atoms with Crippen molar-refractivity contribution in [3.8, 4) is 16.9 Å². The molecule has 0 aliphatic carbocycles. The highest BCUT2D eigenvalue weighted by Gasteiger charge is 2.24. The van der Waals surface area contributed by atoms with Crippen molar-refractivity contribution in [2.45, 2.75) is 23.8 Å². The third-order valence-corrected chi connectivity index (χ3v) is 5.63. The summed E-state index contributed by atoms with van der Waals surface area (Å²) in [6, 6.07) is 7.69. The van der Waals surface area contributed by atoms with Gasteiger partial charge in [0.05, 0.1) is 10.5 Å². The number of piperidine rings is 1. The molecule has 2 aromatic rings. The predicted molar refractivity (Wildman–Crippen MR) is 98.9 cm³/mol. The van der Waals surface area contributed by atoms with Crippen LogP contribution in [0.2, 0.25) is 0 Å². The third-order valence-electron chi connectivity index (χ3n) is 4.50. The molecule has 1 fully saturated rings. The zero-order chi connectivity index (χ0) is 19.6. The fourth-order valence-corrected chi connectivity index (χ4v) is 3.68. The summed E-state index contributed by atoms with van der Waals surface area (Å²) in [7, 11) is -3.33. The van der Waals surface area contributed by atoms with Crippen molar-refractivity contribution in [3.05, 3.63) is 46.9 Å². The van der Waals surface area contributed by atoms with E-state index in [1.807, 2.05) is 0 Å². The van der Waals surface area contributed by atoms with Gasteiger partial charge in [-0.3, -0.25) is 4.79 Å². The van der Waals surface area contributed by atoms with Crippen LogP contribution in [-0.4, -0.2) is 55.0 Å². The Morgan fingerprint density at radius 3 is 2.37 bits per heavy atom. The number of hydrogen-bond acceptors (Lipinski definition) is 5. The van der Waals surface area contributed by atoms with Crippen molar-refractivity contribution in [3.63, 3.8) is 0 Å². The number of aromatic amines is 1. The second-order valence-corrected chi connectivity index (χ2v) is 8.45. The average Bonchev–Trinajstić information content (AvgIpc) is 2.62. The molecule has 144 valence electrons. The van der Waals surface area contributed by atoms with Crippen molar-refractivity contribution in [1.82, 2.24) is 9.88 Å². The molecular weight excluding hydrogens is 372 g/mol. The van der Waals surface area contributed by atoms with Crippen LogP contribution < -0.4 is 10.3 Å². The van der Waals surface area contributed by atoms with Gasteiger partial charge in [-0.25, -0.2) is 13.2 Å². The quantitative estimate of drug-likeness (QED) is 0.822. The lowest BCUT2D eigenvalue weighted by atomic mass is 10.1. The van der Waals surface area contributed by atoms with Gasteiger partial charge in [0.25, 0.3) is 5.56 Å². The molecule has 2 heterocycles. The average molecular weight is 392 g/mol. The first-order valence-electron chi connectivity index (χ1n) is 8.42. The Hall–Kier alpha value is -2.81. The molecular formula is C18H20N2O6S. The van der Waals surface area contributed by atoms with E-state index in [1.54, 1.807) is 18.2 Å². The van der Waals surface area contributed by atoms with E-state index in [0.717, 1.165) is 6.26 Å². The smallest absolute Gasteiger partial charge is 0.407 e. The molecule has 3 rings (SSSR count). The van der Waals surface area contributed by atoms with Crippen LogP contribution in [-0.2, 0) is 9.84 Å². The Balaban J connectivity index is 1.85. The van der Waals surface area contributed by atoms with Gasteiger partial charge >= 0.3 is 6.09 Å². The van der Waals surface area contributed by atoms with E-state index in [4.69, 9.17) is 9.84 Å². The minimum atomic E-state index is -3.33. The molecule has 0 radical (unpaired) electrons. The summed E-state index contributed by atoms with van der Waals surface area (Å²) in [5.41, 5.74) is 0.517. The molecule has 0 bridgehead atoms. The number of pyridine rings is 1. The minimum absolute atomic E-state index is 0.169. The van der Waals surface area contributed by atoms with Crippen LogP contribution in [0.5, 0.6) is 5.75 Å². The largest absolute Gasteiger partial charge is 0.489 e. The summed E-state index contributed by atoms with van der Waals surface area (Å²) in [4.78, 5) is 27.5. The zero-order valence-corrected chi connectivity index (χ0v) is 15.5. The molecule has 1 aliphatic rings. The number of amides is 1. The van der Waals surface area contributed by atoms with Gasteiger partial charge in [0.2, 0.25) is 0 Å². The maximum absolute atomic E-state index is 12.4. The standard InChI is InChI=1S/C18H20N2O6S/c1-27(24,25)14-4-2-12(3-5-14)16-15(6-9-19-17(16)21)26-13-7-10-20(11-8-13)18(22)23/h2-6,9,13H,7-8,10-11H2,1H3,(H,19,21)(H,22,23). The van der Waals surface area contributed by atoms with E-state index < -0.39 is 15.9 Å². The molecule has 1 aliphatic heterocycles. The summed E-state index contributed by atoms with van der Waals surface area (Å²) >= 11 is 0. The summed E-state index contributed by atoms with van der Waals surface area (Å²) in [6.07, 6.45) is 2.53. The Labute approximate surface area is 156 Å². The molecule has 9 heteroatoms. The molecule has 0 spiro atoms. The highest BCUT2D eigenvalue weighted by molar-refractivity contribution is 7.90. The molecule has 0 saturated carbocycles. The number of carbonyl (C=O) groups is 1. The fraction of sp³-hybridized carbons (Fsp3) is 0.333. The topological polar surface area (TPSA) is 117 Å². The van der Waals surface area contributed by atoms with Crippen LogP contribution in [0.1, 0.15) is 12.8 Å². The van der Waals surface area contributed by atoms with Crippen LogP contribution in [0.15, 0.2) is 46.2 Å². The normalized spacial score (nSPS) is 15.5. The summed E-state index contributed by atoms with van der Waals surface area (Å²) in [6.45, 7) is 0.753. The molecule has 27 heavy (non-hydrogen) atoms. The van der Waals surface area contributed by atoms with E-state index in [-0.39, 0.29) is 16.6 Å². The van der Waals surface area contributed by atoms with Crippen molar-refractivity contribution in [2.24, 2.45) is 0 Å². The fourth-order valence-electron chi connectivity index (χ4n) is 3.05. The van der Waals surface area contributed by atoms with Crippen LogP contribution in [0, 0.1) is 0 Å². The number of likely N-dealkylation sites (tertiary alicyclic amines) is 1. The van der Waals surface area contributed by atoms with Crippen LogP contribution in [0.3, 0.4) is 0 Å². The van der Waals surface area contributed by atoms with Gasteiger partial charge in [-0.1, -0.05) is 12.1 Å². The van der Waals surface area contributed by atoms with Gasteiger partial charge in [-0.2, -0.15) is 0 Å². The van der Waals surface area contributed by atoms with Crippen molar-refractivity contribution >= 4 is 15.9 Å². The number of nitrogens with zero attached hydrogens (tertiary/aromatic N) is 1. The molecule has 8 nitrogen and oxygen atoms in total. The number of H-pyrrole nitrogens is 1. The number of rotatable bonds is 4. The van der Waals surface area contributed by atoms with Crippen LogP contribution in [0.4, 0.5) is 4.79 Å². The first-order chi connectivity index (χ1) is 12.8. The van der Waals surface area contributed by atoms with Gasteiger partial charge in [0.1, 0.15) is 11.9 Å². The molecule has 1 amide bonds. The minimum Gasteiger partial charge on any atom is -0.489 e. The number of nitrogens with one attached hydrogen (secondary N) is 1. The summed E-state index contributed by atoms with van der Waals surface area (Å²) in [5.74, 6) is 0.389. The third kappa shape index (κ3) is 4.30. The Kier molecular flexibility index (Phi) is 5.22. The lowest BCUT2D eigenvalue weighted by Crippen LogP contribution is -2.41. The van der Waals surface area contributed by atoms with E-state index >= 15 is 0 Å². The molecule has 0 unspecified atom stereocenters.